The zero-order valence-corrected chi connectivity index (χ0v) is 6.55. The molecule has 0 aromatic rings. The SMILES string of the molecule is O=C=NC(=O)C(=O)CCBr. The first-order valence-corrected chi connectivity index (χ1v) is 3.55. The van der Waals surface area contributed by atoms with Crippen molar-refractivity contribution in [3.8, 4) is 0 Å². The minimum Gasteiger partial charge on any atom is -0.289 e. The minimum atomic E-state index is -1.03. The number of rotatable bonds is 3. The van der Waals surface area contributed by atoms with Crippen molar-refractivity contribution in [1.29, 1.82) is 0 Å². The van der Waals surface area contributed by atoms with Crippen molar-refractivity contribution in [3.05, 3.63) is 0 Å². The molecule has 0 N–H and O–H groups in total. The zero-order chi connectivity index (χ0) is 7.98. The Hall–Kier alpha value is -0.800. The van der Waals surface area contributed by atoms with Crippen LogP contribution in [0.2, 0.25) is 0 Å². The van der Waals surface area contributed by atoms with Crippen LogP contribution in [0.4, 0.5) is 0 Å². The molecule has 0 atom stereocenters. The number of isocyanates is 1. The summed E-state index contributed by atoms with van der Waals surface area (Å²) in [4.78, 5) is 32.9. The van der Waals surface area contributed by atoms with Gasteiger partial charge >= 0.3 is 5.91 Å². The van der Waals surface area contributed by atoms with Crippen LogP contribution in [0, 0.1) is 0 Å². The molecule has 0 radical (unpaired) electrons. The van der Waals surface area contributed by atoms with E-state index in [0.29, 0.717) is 5.33 Å². The zero-order valence-electron chi connectivity index (χ0n) is 4.96. The lowest BCUT2D eigenvalue weighted by atomic mass is 10.3. The Labute approximate surface area is 65.4 Å². The highest BCUT2D eigenvalue weighted by atomic mass is 79.9. The van der Waals surface area contributed by atoms with Crippen LogP contribution in [-0.4, -0.2) is 23.1 Å². The van der Waals surface area contributed by atoms with E-state index in [2.05, 4.69) is 20.9 Å². The van der Waals surface area contributed by atoms with Crippen molar-refractivity contribution in [2.24, 2.45) is 4.99 Å². The van der Waals surface area contributed by atoms with Crippen molar-refractivity contribution in [3.63, 3.8) is 0 Å². The average Bonchev–Trinajstić information content (AvgIpc) is 1.89. The van der Waals surface area contributed by atoms with Gasteiger partial charge in [-0.25, -0.2) is 4.79 Å². The summed E-state index contributed by atoms with van der Waals surface area (Å²) in [5.41, 5.74) is 0. The van der Waals surface area contributed by atoms with Crippen LogP contribution in [0.5, 0.6) is 0 Å². The first-order chi connectivity index (χ1) is 4.72. The van der Waals surface area contributed by atoms with Gasteiger partial charge in [-0.2, -0.15) is 0 Å². The highest BCUT2D eigenvalue weighted by molar-refractivity contribution is 9.09. The fourth-order valence-corrected chi connectivity index (χ4v) is 0.657. The van der Waals surface area contributed by atoms with Gasteiger partial charge in [0.05, 0.1) is 0 Å². The molecule has 0 rings (SSSR count). The van der Waals surface area contributed by atoms with Crippen LogP contribution < -0.4 is 0 Å². The van der Waals surface area contributed by atoms with Gasteiger partial charge in [0, 0.05) is 11.8 Å². The predicted molar refractivity (Wildman–Crippen MR) is 36.5 cm³/mol. The number of carbonyl (C=O) groups excluding carboxylic acids is 3. The average molecular weight is 206 g/mol. The van der Waals surface area contributed by atoms with E-state index in [0.717, 1.165) is 6.08 Å². The molecule has 54 valence electrons. The largest absolute Gasteiger partial charge is 0.323 e. The molecule has 0 fully saturated rings. The van der Waals surface area contributed by atoms with Gasteiger partial charge in [-0.1, -0.05) is 15.9 Å². The molecule has 0 aromatic carbocycles. The van der Waals surface area contributed by atoms with E-state index in [1.807, 2.05) is 0 Å². The lowest BCUT2D eigenvalue weighted by molar-refractivity contribution is -0.135. The smallest absolute Gasteiger partial charge is 0.289 e. The number of hydrogen-bond donors (Lipinski definition) is 0. The molecule has 0 saturated carbocycles. The first-order valence-electron chi connectivity index (χ1n) is 2.43. The summed E-state index contributed by atoms with van der Waals surface area (Å²) in [5, 5.41) is 0.395. The van der Waals surface area contributed by atoms with Crippen molar-refractivity contribution in [2.45, 2.75) is 6.42 Å². The summed E-state index contributed by atoms with van der Waals surface area (Å²) in [7, 11) is 0. The molecular weight excluding hydrogens is 202 g/mol. The predicted octanol–water partition coefficient (Wildman–Crippen LogP) is 0.203. The van der Waals surface area contributed by atoms with Gasteiger partial charge in [-0.15, -0.1) is 4.99 Å². The summed E-state index contributed by atoms with van der Waals surface area (Å²) < 4.78 is 0. The van der Waals surface area contributed by atoms with Crippen LogP contribution in [0.25, 0.3) is 0 Å². The number of alkyl halides is 1. The second-order valence-corrected chi connectivity index (χ2v) is 2.16. The molecule has 0 aliphatic rings. The van der Waals surface area contributed by atoms with Crippen molar-refractivity contribution >= 4 is 33.7 Å². The van der Waals surface area contributed by atoms with E-state index in [9.17, 15) is 14.4 Å². The number of aliphatic imine (C=N–C) groups is 1. The molecule has 0 unspecified atom stereocenters. The third-order valence-electron chi connectivity index (χ3n) is 0.707. The number of Topliss-reactive ketones (excluding diaryl/α,β-unsaturated/α-hetero) is 1. The molecule has 0 bridgehead atoms. The molecule has 0 spiro atoms. The normalized spacial score (nSPS) is 8.10. The van der Waals surface area contributed by atoms with Crippen LogP contribution in [0.3, 0.4) is 0 Å². The Balaban J connectivity index is 3.95. The monoisotopic (exact) mass is 205 g/mol. The van der Waals surface area contributed by atoms with E-state index in [4.69, 9.17) is 0 Å². The second-order valence-electron chi connectivity index (χ2n) is 1.37. The fraction of sp³-hybridized carbons (Fsp3) is 0.400. The van der Waals surface area contributed by atoms with E-state index >= 15 is 0 Å². The van der Waals surface area contributed by atoms with Gasteiger partial charge in [0.25, 0.3) is 0 Å². The van der Waals surface area contributed by atoms with Gasteiger partial charge in [-0.05, 0) is 0 Å². The van der Waals surface area contributed by atoms with E-state index < -0.39 is 11.7 Å². The Kier molecular flexibility index (Phi) is 4.62. The van der Waals surface area contributed by atoms with Crippen LogP contribution in [0.15, 0.2) is 4.99 Å². The lowest BCUT2D eigenvalue weighted by Crippen LogP contribution is -2.10. The minimum absolute atomic E-state index is 0.0595. The van der Waals surface area contributed by atoms with Crippen molar-refractivity contribution in [1.82, 2.24) is 0 Å². The summed E-state index contributed by atoms with van der Waals surface area (Å²) in [6, 6.07) is 0. The van der Waals surface area contributed by atoms with E-state index in [1.165, 1.54) is 0 Å². The van der Waals surface area contributed by atoms with Crippen molar-refractivity contribution in [2.75, 3.05) is 5.33 Å². The molecule has 0 aromatic heterocycles. The first kappa shape index (κ1) is 9.20. The van der Waals surface area contributed by atoms with Gasteiger partial charge in [0.15, 0.2) is 0 Å². The molecule has 5 heteroatoms. The number of halogens is 1. The molecule has 0 heterocycles. The molecule has 0 aliphatic carbocycles. The maximum Gasteiger partial charge on any atom is 0.323 e. The maximum atomic E-state index is 10.5. The van der Waals surface area contributed by atoms with Gasteiger partial charge in [0.1, 0.15) is 0 Å². The second kappa shape index (κ2) is 5.02. The Morgan fingerprint density at radius 3 is 2.50 bits per heavy atom. The molecule has 10 heavy (non-hydrogen) atoms. The lowest BCUT2D eigenvalue weighted by Gasteiger charge is -1.85. The molecule has 4 nitrogen and oxygen atoms in total. The third-order valence-corrected chi connectivity index (χ3v) is 1.10. The fourth-order valence-electron chi connectivity index (χ4n) is 0.297. The van der Waals surface area contributed by atoms with Crippen LogP contribution in [-0.2, 0) is 14.4 Å². The molecular formula is C5H4BrNO3. The highest BCUT2D eigenvalue weighted by Crippen LogP contribution is 1.90. The van der Waals surface area contributed by atoms with Crippen LogP contribution >= 0.6 is 15.9 Å². The van der Waals surface area contributed by atoms with E-state index in [-0.39, 0.29) is 6.42 Å². The van der Waals surface area contributed by atoms with E-state index in [1.54, 1.807) is 0 Å². The Morgan fingerprint density at radius 1 is 1.50 bits per heavy atom. The number of ketones is 1. The number of nitrogens with zero attached hydrogens (tertiary/aromatic N) is 1. The highest BCUT2D eigenvalue weighted by Gasteiger charge is 2.10. The molecule has 0 aliphatic heterocycles. The molecule has 0 saturated heterocycles. The number of carbonyl (C=O) groups is 2. The summed E-state index contributed by atoms with van der Waals surface area (Å²) >= 11 is 2.96. The maximum absolute atomic E-state index is 10.5. The van der Waals surface area contributed by atoms with Gasteiger partial charge < -0.3 is 0 Å². The van der Waals surface area contributed by atoms with Gasteiger partial charge in [0.2, 0.25) is 11.9 Å². The van der Waals surface area contributed by atoms with Crippen molar-refractivity contribution < 1.29 is 14.4 Å². The van der Waals surface area contributed by atoms with Crippen LogP contribution in [0.1, 0.15) is 6.42 Å². The molecule has 1 amide bonds. The van der Waals surface area contributed by atoms with Gasteiger partial charge in [-0.3, -0.25) is 9.59 Å². The standard InChI is InChI=1S/C5H4BrNO3/c6-2-1-4(9)5(10)7-3-8/h1-2H2. The Bertz CT molecular complexity index is 195. The topological polar surface area (TPSA) is 63.6 Å². The summed E-state index contributed by atoms with van der Waals surface area (Å²) in [6.45, 7) is 0. The summed E-state index contributed by atoms with van der Waals surface area (Å²) in [5.74, 6) is -1.71. The number of hydrogen-bond acceptors (Lipinski definition) is 3. The number of amides is 1. The summed E-state index contributed by atoms with van der Waals surface area (Å²) in [6.07, 6.45) is 1.06. The Morgan fingerprint density at radius 2 is 2.10 bits per heavy atom. The quantitative estimate of drug-likeness (QED) is 0.287. The third kappa shape index (κ3) is 3.27.